The predicted molar refractivity (Wildman–Crippen MR) is 88.1 cm³/mol. The molecule has 2 nitrogen and oxygen atoms in total. The van der Waals surface area contributed by atoms with Gasteiger partial charge >= 0.3 is 0 Å². The van der Waals surface area contributed by atoms with Crippen LogP contribution < -0.4 is 5.32 Å². The van der Waals surface area contributed by atoms with Crippen molar-refractivity contribution in [3.8, 4) is 0 Å². The number of halogens is 3. The van der Waals surface area contributed by atoms with Crippen LogP contribution in [0.15, 0.2) is 22.7 Å². The van der Waals surface area contributed by atoms with Crippen LogP contribution in [0.5, 0.6) is 0 Å². The first kappa shape index (κ1) is 17.9. The Hall–Kier alpha value is -0.160. The van der Waals surface area contributed by atoms with E-state index < -0.39 is 0 Å². The third-order valence-corrected chi connectivity index (χ3v) is 4.23. The molecule has 20 heavy (non-hydrogen) atoms. The summed E-state index contributed by atoms with van der Waals surface area (Å²) in [6.07, 6.45) is 3.32. The van der Waals surface area contributed by atoms with Crippen molar-refractivity contribution >= 4 is 28.3 Å². The number of nitrogens with one attached hydrogen (secondary N) is 1. The lowest BCUT2D eigenvalue weighted by Crippen LogP contribution is -2.45. The topological polar surface area (TPSA) is 15.3 Å². The summed E-state index contributed by atoms with van der Waals surface area (Å²) in [4.78, 5) is 2.41. The molecule has 0 unspecified atom stereocenters. The third kappa shape index (κ3) is 4.69. The van der Waals surface area contributed by atoms with E-state index in [4.69, 9.17) is 0 Å². The van der Waals surface area contributed by atoms with Gasteiger partial charge in [-0.2, -0.15) is 0 Å². The molecule has 114 valence electrons. The number of nitrogens with zero attached hydrogens (tertiary/aromatic N) is 1. The average molecular weight is 366 g/mol. The van der Waals surface area contributed by atoms with Gasteiger partial charge in [0.05, 0.1) is 0 Å². The molecular weight excluding hydrogens is 343 g/mol. The van der Waals surface area contributed by atoms with E-state index in [-0.39, 0.29) is 24.3 Å². The first-order valence-electron chi connectivity index (χ1n) is 7.12. The van der Waals surface area contributed by atoms with Crippen molar-refractivity contribution in [2.24, 2.45) is 0 Å². The van der Waals surface area contributed by atoms with E-state index in [1.807, 2.05) is 6.07 Å². The van der Waals surface area contributed by atoms with E-state index >= 15 is 0 Å². The molecule has 0 spiro atoms. The molecule has 1 heterocycles. The zero-order chi connectivity index (χ0) is 13.7. The Labute approximate surface area is 135 Å². The Morgan fingerprint density at radius 2 is 2.05 bits per heavy atom. The summed E-state index contributed by atoms with van der Waals surface area (Å²) < 4.78 is 15.1. The fraction of sp³-hybridized carbons (Fsp3) is 0.600. The molecule has 1 saturated heterocycles. The molecule has 2 rings (SSSR count). The molecule has 1 fully saturated rings. The van der Waals surface area contributed by atoms with Gasteiger partial charge in [0, 0.05) is 42.3 Å². The van der Waals surface area contributed by atoms with Gasteiger partial charge in [-0.15, -0.1) is 12.4 Å². The highest BCUT2D eigenvalue weighted by Gasteiger charge is 2.24. The summed E-state index contributed by atoms with van der Waals surface area (Å²) in [5, 5.41) is 3.36. The van der Waals surface area contributed by atoms with Crippen LogP contribution in [-0.2, 0) is 0 Å². The molecule has 1 aromatic rings. The smallest absolute Gasteiger partial charge is 0.128 e. The van der Waals surface area contributed by atoms with Crippen molar-refractivity contribution in [2.75, 3.05) is 26.2 Å². The monoisotopic (exact) mass is 364 g/mol. The van der Waals surface area contributed by atoms with Crippen molar-refractivity contribution in [2.45, 2.75) is 32.2 Å². The first-order chi connectivity index (χ1) is 9.22. The highest BCUT2D eigenvalue weighted by atomic mass is 79.9. The van der Waals surface area contributed by atoms with E-state index in [9.17, 15) is 4.39 Å². The van der Waals surface area contributed by atoms with Crippen LogP contribution in [0.3, 0.4) is 0 Å². The molecule has 1 aliphatic heterocycles. The Kier molecular flexibility index (Phi) is 8.03. The molecule has 1 aliphatic rings. The Morgan fingerprint density at radius 1 is 1.35 bits per heavy atom. The molecule has 0 saturated carbocycles. The van der Waals surface area contributed by atoms with E-state index in [1.54, 1.807) is 12.1 Å². The van der Waals surface area contributed by atoms with Crippen LogP contribution in [0, 0.1) is 5.82 Å². The normalized spacial score (nSPS) is 17.6. The van der Waals surface area contributed by atoms with Crippen molar-refractivity contribution in [1.29, 1.82) is 0 Å². The zero-order valence-corrected chi connectivity index (χ0v) is 14.3. The lowest BCUT2D eigenvalue weighted by molar-refractivity contribution is 0.160. The summed E-state index contributed by atoms with van der Waals surface area (Å²) in [6.45, 7) is 6.18. The quantitative estimate of drug-likeness (QED) is 0.843. The summed E-state index contributed by atoms with van der Waals surface area (Å²) in [6, 6.07) is 5.49. The lowest BCUT2D eigenvalue weighted by atomic mass is 9.98. The van der Waals surface area contributed by atoms with Crippen molar-refractivity contribution in [3.05, 3.63) is 34.1 Å². The Morgan fingerprint density at radius 3 is 2.70 bits per heavy atom. The zero-order valence-electron chi connectivity index (χ0n) is 11.9. The van der Waals surface area contributed by atoms with E-state index in [0.29, 0.717) is 0 Å². The Bertz CT molecular complexity index is 411. The average Bonchev–Trinajstić information content (AvgIpc) is 2.44. The van der Waals surface area contributed by atoms with Crippen LogP contribution in [0.25, 0.3) is 0 Å². The Balaban J connectivity index is 0.00000200. The molecule has 1 atom stereocenters. The van der Waals surface area contributed by atoms with Gasteiger partial charge in [0.25, 0.3) is 0 Å². The summed E-state index contributed by atoms with van der Waals surface area (Å²) in [5.74, 6) is -0.0807. The number of piperazine rings is 1. The predicted octanol–water partition coefficient (Wildman–Crippen LogP) is 4.15. The molecule has 0 aromatic heterocycles. The number of unbranched alkanes of at least 4 members (excludes halogenated alkanes) is 1. The second-order valence-electron chi connectivity index (χ2n) is 5.11. The molecule has 0 aliphatic carbocycles. The number of benzene rings is 1. The maximum Gasteiger partial charge on any atom is 0.128 e. The van der Waals surface area contributed by atoms with Gasteiger partial charge in [-0.1, -0.05) is 35.7 Å². The van der Waals surface area contributed by atoms with Crippen molar-refractivity contribution in [1.82, 2.24) is 10.2 Å². The molecule has 1 aromatic carbocycles. The largest absolute Gasteiger partial charge is 0.314 e. The second kappa shape index (κ2) is 8.98. The van der Waals surface area contributed by atoms with Gasteiger partial charge in [0.2, 0.25) is 0 Å². The fourth-order valence-electron chi connectivity index (χ4n) is 2.70. The van der Waals surface area contributed by atoms with E-state index in [0.717, 1.165) is 55.5 Å². The highest BCUT2D eigenvalue weighted by molar-refractivity contribution is 9.10. The fourth-order valence-corrected chi connectivity index (χ4v) is 3.07. The molecule has 5 heteroatoms. The van der Waals surface area contributed by atoms with Crippen molar-refractivity contribution < 1.29 is 4.39 Å². The number of hydrogen-bond donors (Lipinski definition) is 1. The van der Waals surface area contributed by atoms with E-state index in [1.165, 1.54) is 0 Å². The van der Waals surface area contributed by atoms with Gasteiger partial charge in [0.1, 0.15) is 5.82 Å². The minimum absolute atomic E-state index is 0. The minimum atomic E-state index is -0.0807. The molecular formula is C15H23BrClFN2. The van der Waals surface area contributed by atoms with Crippen LogP contribution in [-0.4, -0.2) is 31.1 Å². The summed E-state index contributed by atoms with van der Waals surface area (Å²) in [7, 11) is 0. The van der Waals surface area contributed by atoms with Gasteiger partial charge in [-0.05, 0) is 24.6 Å². The van der Waals surface area contributed by atoms with Crippen LogP contribution in [0.1, 0.15) is 37.8 Å². The van der Waals surface area contributed by atoms with Gasteiger partial charge in [-0.25, -0.2) is 4.39 Å². The van der Waals surface area contributed by atoms with Crippen LogP contribution in [0.2, 0.25) is 0 Å². The number of rotatable bonds is 5. The maximum atomic E-state index is 14.1. The number of hydrogen-bond acceptors (Lipinski definition) is 2. The first-order valence-corrected chi connectivity index (χ1v) is 7.91. The van der Waals surface area contributed by atoms with Gasteiger partial charge in [-0.3, -0.25) is 4.90 Å². The second-order valence-corrected chi connectivity index (χ2v) is 6.03. The highest BCUT2D eigenvalue weighted by Crippen LogP contribution is 2.30. The molecule has 0 bridgehead atoms. The van der Waals surface area contributed by atoms with Crippen LogP contribution in [0.4, 0.5) is 4.39 Å². The SMILES string of the molecule is CCCC[C@H](c1cc(Br)ccc1F)N1CCNCC1.Cl. The molecule has 0 amide bonds. The standard InChI is InChI=1S/C15H22BrFN2.ClH/c1-2-3-4-15(19-9-7-18-8-10-19)13-11-12(16)5-6-14(13)17;/h5-6,11,15,18H,2-4,7-10H2,1H3;1H/t15-;/m1./s1. The van der Waals surface area contributed by atoms with E-state index in [2.05, 4.69) is 33.1 Å². The molecule has 0 radical (unpaired) electrons. The van der Waals surface area contributed by atoms with Crippen molar-refractivity contribution in [3.63, 3.8) is 0 Å². The summed E-state index contributed by atoms with van der Waals surface area (Å²) >= 11 is 3.46. The summed E-state index contributed by atoms with van der Waals surface area (Å²) in [5.41, 5.74) is 0.838. The third-order valence-electron chi connectivity index (χ3n) is 3.74. The minimum Gasteiger partial charge on any atom is -0.314 e. The molecule has 1 N–H and O–H groups in total. The maximum absolute atomic E-state index is 14.1. The van der Waals surface area contributed by atoms with Gasteiger partial charge < -0.3 is 5.32 Å². The van der Waals surface area contributed by atoms with Gasteiger partial charge in [0.15, 0.2) is 0 Å². The van der Waals surface area contributed by atoms with Crippen LogP contribution >= 0.6 is 28.3 Å². The lowest BCUT2D eigenvalue weighted by Gasteiger charge is -2.35.